The Kier molecular flexibility index (Phi) is 9.80. The second-order valence-electron chi connectivity index (χ2n) is 8.28. The Balaban J connectivity index is 0.00000289. The Hall–Kier alpha value is -1.65. The highest BCUT2D eigenvalue weighted by molar-refractivity contribution is 14.0. The molecular weight excluding hydrogens is 533 g/mol. The Labute approximate surface area is 212 Å². The third kappa shape index (κ3) is 6.92. The molecule has 0 atom stereocenters. The number of hydrogen-bond acceptors (Lipinski definition) is 4. The van der Waals surface area contributed by atoms with Gasteiger partial charge in [0.05, 0.1) is 13.1 Å². The number of carbonyl (C=O) groups is 1. The van der Waals surface area contributed by atoms with E-state index in [1.807, 2.05) is 11.8 Å². The second kappa shape index (κ2) is 12.6. The van der Waals surface area contributed by atoms with Crippen molar-refractivity contribution in [1.82, 2.24) is 20.4 Å². The molecule has 0 aliphatic carbocycles. The van der Waals surface area contributed by atoms with Gasteiger partial charge in [0.2, 0.25) is 5.91 Å². The van der Waals surface area contributed by atoms with E-state index in [2.05, 4.69) is 56.2 Å². The molecule has 0 unspecified atom stereocenters. The molecule has 8 heteroatoms. The number of benzene rings is 1. The van der Waals surface area contributed by atoms with Crippen molar-refractivity contribution < 1.29 is 4.79 Å². The van der Waals surface area contributed by atoms with E-state index in [-0.39, 0.29) is 36.4 Å². The number of rotatable bonds is 7. The van der Waals surface area contributed by atoms with Crippen molar-refractivity contribution in [1.29, 1.82) is 0 Å². The molecule has 4 rings (SSSR count). The first-order chi connectivity index (χ1) is 15.2. The van der Waals surface area contributed by atoms with Crippen LogP contribution in [0.5, 0.6) is 0 Å². The van der Waals surface area contributed by atoms with Crippen LogP contribution in [-0.2, 0) is 30.8 Å². The van der Waals surface area contributed by atoms with Gasteiger partial charge < -0.3 is 15.5 Å². The van der Waals surface area contributed by atoms with Gasteiger partial charge in [-0.25, -0.2) is 4.99 Å². The fourth-order valence-corrected chi connectivity index (χ4v) is 5.08. The maximum atomic E-state index is 12.7. The summed E-state index contributed by atoms with van der Waals surface area (Å²) in [6, 6.07) is 10.9. The van der Waals surface area contributed by atoms with Crippen LogP contribution in [0.25, 0.3) is 0 Å². The van der Waals surface area contributed by atoms with Gasteiger partial charge in [-0.05, 0) is 67.4 Å². The Morgan fingerprint density at radius 1 is 1.06 bits per heavy atom. The van der Waals surface area contributed by atoms with Crippen molar-refractivity contribution in [2.24, 2.45) is 4.99 Å². The van der Waals surface area contributed by atoms with Gasteiger partial charge in [-0.2, -0.15) is 0 Å². The SMILES string of the molecule is CCNC(=NCc1ccc(CN2CCCC2)cc1)NCC(=O)N1CCc2sccc2C1.I. The molecule has 6 nitrogen and oxygen atoms in total. The van der Waals surface area contributed by atoms with Gasteiger partial charge in [0.1, 0.15) is 0 Å². The van der Waals surface area contributed by atoms with Crippen LogP contribution in [0.1, 0.15) is 41.3 Å². The molecule has 1 aromatic carbocycles. The number of guanidine groups is 1. The van der Waals surface area contributed by atoms with E-state index >= 15 is 0 Å². The molecule has 2 N–H and O–H groups in total. The summed E-state index contributed by atoms with van der Waals surface area (Å²) >= 11 is 1.79. The van der Waals surface area contributed by atoms with E-state index in [0.29, 0.717) is 12.5 Å². The predicted molar refractivity (Wildman–Crippen MR) is 143 cm³/mol. The molecule has 1 aromatic heterocycles. The van der Waals surface area contributed by atoms with Crippen molar-refractivity contribution in [3.63, 3.8) is 0 Å². The predicted octanol–water partition coefficient (Wildman–Crippen LogP) is 3.60. The van der Waals surface area contributed by atoms with Gasteiger partial charge in [0.25, 0.3) is 0 Å². The number of nitrogens with zero attached hydrogens (tertiary/aromatic N) is 3. The normalized spacial score (nSPS) is 16.4. The van der Waals surface area contributed by atoms with Gasteiger partial charge in [0.15, 0.2) is 5.96 Å². The zero-order valence-corrected chi connectivity index (χ0v) is 22.0. The molecule has 2 aromatic rings. The van der Waals surface area contributed by atoms with Gasteiger partial charge >= 0.3 is 0 Å². The number of amides is 1. The first kappa shape index (κ1) is 25.0. The average molecular weight is 568 g/mol. The molecule has 0 bridgehead atoms. The maximum Gasteiger partial charge on any atom is 0.242 e. The summed E-state index contributed by atoms with van der Waals surface area (Å²) in [4.78, 5) is 23.2. The number of halogens is 1. The summed E-state index contributed by atoms with van der Waals surface area (Å²) in [5.41, 5.74) is 3.83. The average Bonchev–Trinajstić information content (AvgIpc) is 3.47. The zero-order valence-electron chi connectivity index (χ0n) is 18.8. The Bertz CT molecular complexity index is 892. The van der Waals surface area contributed by atoms with E-state index in [0.717, 1.165) is 32.6 Å². The first-order valence-corrected chi connectivity index (χ1v) is 12.2. The lowest BCUT2D eigenvalue weighted by Gasteiger charge is -2.27. The number of carbonyl (C=O) groups excluding carboxylic acids is 1. The van der Waals surface area contributed by atoms with Gasteiger partial charge in [-0.1, -0.05) is 24.3 Å². The molecule has 174 valence electrons. The number of likely N-dealkylation sites (tertiary alicyclic amines) is 1. The molecule has 3 heterocycles. The summed E-state index contributed by atoms with van der Waals surface area (Å²) < 4.78 is 0. The molecular formula is C24H34IN5OS. The van der Waals surface area contributed by atoms with Gasteiger partial charge in [-0.15, -0.1) is 35.3 Å². The smallest absolute Gasteiger partial charge is 0.242 e. The van der Waals surface area contributed by atoms with Crippen LogP contribution in [0.15, 0.2) is 40.7 Å². The van der Waals surface area contributed by atoms with E-state index in [1.54, 1.807) is 11.3 Å². The van der Waals surface area contributed by atoms with E-state index in [9.17, 15) is 4.79 Å². The quantitative estimate of drug-likeness (QED) is 0.305. The number of thiophene rings is 1. The standard InChI is InChI=1S/C24H33N5OS.HI/c1-2-25-24(27-16-23(30)29-13-9-22-21(18-29)10-14-31-22)26-15-19-5-7-20(8-6-19)17-28-11-3-4-12-28;/h5-8,10,14H,2-4,9,11-13,15-18H2,1H3,(H2,25,26,27);1H. The lowest BCUT2D eigenvalue weighted by Crippen LogP contribution is -2.45. The maximum absolute atomic E-state index is 12.7. The minimum atomic E-state index is 0. The third-order valence-electron chi connectivity index (χ3n) is 5.96. The van der Waals surface area contributed by atoms with Gasteiger partial charge in [0, 0.05) is 31.1 Å². The molecule has 0 saturated carbocycles. The van der Waals surface area contributed by atoms with Crippen LogP contribution in [0.3, 0.4) is 0 Å². The fraction of sp³-hybridized carbons (Fsp3) is 0.500. The zero-order chi connectivity index (χ0) is 21.5. The molecule has 0 radical (unpaired) electrons. The molecule has 1 amide bonds. The number of aliphatic imine (C=N–C) groups is 1. The number of nitrogens with one attached hydrogen (secondary N) is 2. The summed E-state index contributed by atoms with van der Waals surface area (Å²) in [6.45, 7) is 8.64. The lowest BCUT2D eigenvalue weighted by atomic mass is 10.1. The summed E-state index contributed by atoms with van der Waals surface area (Å²) in [5, 5.41) is 8.57. The van der Waals surface area contributed by atoms with E-state index in [1.165, 1.54) is 47.5 Å². The van der Waals surface area contributed by atoms with E-state index < -0.39 is 0 Å². The Morgan fingerprint density at radius 2 is 1.81 bits per heavy atom. The Morgan fingerprint density at radius 3 is 2.56 bits per heavy atom. The van der Waals surface area contributed by atoms with Crippen LogP contribution < -0.4 is 10.6 Å². The highest BCUT2D eigenvalue weighted by Crippen LogP contribution is 2.23. The van der Waals surface area contributed by atoms with Crippen LogP contribution in [0.2, 0.25) is 0 Å². The van der Waals surface area contributed by atoms with Crippen molar-refractivity contribution in [2.75, 3.05) is 32.7 Å². The van der Waals surface area contributed by atoms with Crippen LogP contribution in [0.4, 0.5) is 0 Å². The monoisotopic (exact) mass is 567 g/mol. The van der Waals surface area contributed by atoms with Crippen molar-refractivity contribution in [3.05, 3.63) is 57.3 Å². The van der Waals surface area contributed by atoms with Crippen LogP contribution >= 0.6 is 35.3 Å². The molecule has 1 saturated heterocycles. The van der Waals surface area contributed by atoms with Crippen molar-refractivity contribution >= 4 is 47.2 Å². The largest absolute Gasteiger partial charge is 0.357 e. The van der Waals surface area contributed by atoms with E-state index in [4.69, 9.17) is 0 Å². The molecule has 0 spiro atoms. The lowest BCUT2D eigenvalue weighted by molar-refractivity contribution is -0.130. The molecule has 2 aliphatic rings. The summed E-state index contributed by atoms with van der Waals surface area (Å²) in [6.07, 6.45) is 3.60. The minimum Gasteiger partial charge on any atom is -0.357 e. The fourth-order valence-electron chi connectivity index (χ4n) is 4.19. The number of fused-ring (bicyclic) bond motifs is 1. The van der Waals surface area contributed by atoms with Crippen LogP contribution in [0, 0.1) is 0 Å². The van der Waals surface area contributed by atoms with Crippen LogP contribution in [-0.4, -0.2) is 54.4 Å². The summed E-state index contributed by atoms with van der Waals surface area (Å²) in [5.74, 6) is 0.805. The first-order valence-electron chi connectivity index (χ1n) is 11.4. The highest BCUT2D eigenvalue weighted by atomic mass is 127. The van der Waals surface area contributed by atoms with Crippen molar-refractivity contribution in [2.45, 2.75) is 45.8 Å². The van der Waals surface area contributed by atoms with Crippen molar-refractivity contribution in [3.8, 4) is 0 Å². The van der Waals surface area contributed by atoms with Gasteiger partial charge in [-0.3, -0.25) is 9.69 Å². The molecule has 32 heavy (non-hydrogen) atoms. The minimum absolute atomic E-state index is 0. The topological polar surface area (TPSA) is 60.0 Å². The highest BCUT2D eigenvalue weighted by Gasteiger charge is 2.21. The number of hydrogen-bond donors (Lipinski definition) is 2. The third-order valence-corrected chi connectivity index (χ3v) is 6.98. The molecule has 2 aliphatic heterocycles. The summed E-state index contributed by atoms with van der Waals surface area (Å²) in [7, 11) is 0. The second-order valence-corrected chi connectivity index (χ2v) is 9.28. The molecule has 1 fully saturated rings.